The minimum Gasteiger partial charge on any atom is -0.398 e. The van der Waals surface area contributed by atoms with Gasteiger partial charge in [0.15, 0.2) is 0 Å². The lowest BCUT2D eigenvalue weighted by atomic mass is 10.1. The van der Waals surface area contributed by atoms with Gasteiger partial charge in [-0.15, -0.1) is 0 Å². The summed E-state index contributed by atoms with van der Waals surface area (Å²) < 4.78 is 0. The monoisotopic (exact) mass is 239 g/mol. The highest BCUT2D eigenvalue weighted by Crippen LogP contribution is 2.21. The summed E-state index contributed by atoms with van der Waals surface area (Å²) in [5.41, 5.74) is 8.96. The fourth-order valence-electron chi connectivity index (χ4n) is 2.40. The van der Waals surface area contributed by atoms with Crippen LogP contribution >= 0.6 is 0 Å². The molecule has 3 nitrogen and oxygen atoms in total. The Kier molecular flexibility index (Phi) is 2.99. The van der Waals surface area contributed by atoms with E-state index in [9.17, 15) is 0 Å². The number of nitrogen functional groups attached to an aromatic ring is 1. The molecule has 1 aromatic carbocycles. The Morgan fingerprint density at radius 1 is 1.22 bits per heavy atom. The first-order chi connectivity index (χ1) is 8.83. The van der Waals surface area contributed by atoms with Crippen molar-refractivity contribution in [3.05, 3.63) is 48.2 Å². The predicted molar refractivity (Wildman–Crippen MR) is 75.2 cm³/mol. The number of rotatable bonds is 2. The SMILES string of the molecule is Nc1cc(CN2CC=CCC2)nc2ccccc12. The van der Waals surface area contributed by atoms with Crippen LogP contribution in [0, 0.1) is 0 Å². The minimum absolute atomic E-state index is 0.822. The zero-order valence-corrected chi connectivity index (χ0v) is 10.3. The maximum Gasteiger partial charge on any atom is 0.0726 e. The van der Waals surface area contributed by atoms with Gasteiger partial charge in [0.2, 0.25) is 0 Å². The van der Waals surface area contributed by atoms with E-state index in [4.69, 9.17) is 5.73 Å². The molecule has 1 aromatic heterocycles. The molecule has 0 amide bonds. The van der Waals surface area contributed by atoms with Gasteiger partial charge in [0, 0.05) is 30.7 Å². The Morgan fingerprint density at radius 2 is 2.11 bits per heavy atom. The summed E-state index contributed by atoms with van der Waals surface area (Å²) in [7, 11) is 0. The molecule has 2 aromatic rings. The second kappa shape index (κ2) is 4.78. The van der Waals surface area contributed by atoms with Gasteiger partial charge in [-0.2, -0.15) is 0 Å². The number of aromatic nitrogens is 1. The van der Waals surface area contributed by atoms with Gasteiger partial charge in [0.05, 0.1) is 11.2 Å². The average molecular weight is 239 g/mol. The summed E-state index contributed by atoms with van der Waals surface area (Å²) in [6.07, 6.45) is 5.58. The van der Waals surface area contributed by atoms with Crippen LogP contribution in [-0.2, 0) is 6.54 Å². The summed E-state index contributed by atoms with van der Waals surface area (Å²) in [6.45, 7) is 2.98. The highest BCUT2D eigenvalue weighted by molar-refractivity contribution is 5.90. The Labute approximate surface area is 107 Å². The number of anilines is 1. The minimum atomic E-state index is 0.822. The average Bonchev–Trinajstić information content (AvgIpc) is 2.40. The Bertz CT molecular complexity index is 589. The first-order valence-electron chi connectivity index (χ1n) is 6.34. The van der Waals surface area contributed by atoms with Crippen LogP contribution < -0.4 is 5.73 Å². The van der Waals surface area contributed by atoms with Crippen molar-refractivity contribution >= 4 is 16.6 Å². The third kappa shape index (κ3) is 2.22. The van der Waals surface area contributed by atoms with E-state index in [0.29, 0.717) is 0 Å². The van der Waals surface area contributed by atoms with Gasteiger partial charge in [-0.3, -0.25) is 9.88 Å². The fourth-order valence-corrected chi connectivity index (χ4v) is 2.40. The van der Waals surface area contributed by atoms with Gasteiger partial charge in [-0.05, 0) is 18.6 Å². The lowest BCUT2D eigenvalue weighted by Gasteiger charge is -2.22. The quantitative estimate of drug-likeness (QED) is 0.819. The molecule has 0 fully saturated rings. The number of benzene rings is 1. The van der Waals surface area contributed by atoms with E-state index >= 15 is 0 Å². The highest BCUT2D eigenvalue weighted by atomic mass is 15.1. The molecule has 0 radical (unpaired) electrons. The van der Waals surface area contributed by atoms with Crippen molar-refractivity contribution in [2.75, 3.05) is 18.8 Å². The van der Waals surface area contributed by atoms with Crippen molar-refractivity contribution in [2.24, 2.45) is 0 Å². The molecule has 0 saturated carbocycles. The van der Waals surface area contributed by atoms with Crippen molar-refractivity contribution < 1.29 is 0 Å². The van der Waals surface area contributed by atoms with E-state index in [2.05, 4.69) is 22.0 Å². The van der Waals surface area contributed by atoms with Crippen molar-refractivity contribution in [1.82, 2.24) is 9.88 Å². The first kappa shape index (κ1) is 11.2. The summed E-state index contributed by atoms with van der Waals surface area (Å²) in [5, 5.41) is 1.04. The van der Waals surface area contributed by atoms with E-state index in [0.717, 1.165) is 48.3 Å². The Balaban J connectivity index is 1.90. The van der Waals surface area contributed by atoms with Crippen LogP contribution in [0.4, 0.5) is 5.69 Å². The molecular weight excluding hydrogens is 222 g/mol. The number of fused-ring (bicyclic) bond motifs is 1. The van der Waals surface area contributed by atoms with Crippen LogP contribution in [0.2, 0.25) is 0 Å². The predicted octanol–water partition coefficient (Wildman–Crippen LogP) is 2.58. The topological polar surface area (TPSA) is 42.1 Å². The lowest BCUT2D eigenvalue weighted by Crippen LogP contribution is -2.27. The van der Waals surface area contributed by atoms with E-state index in [-0.39, 0.29) is 0 Å². The van der Waals surface area contributed by atoms with Crippen LogP contribution in [0.15, 0.2) is 42.5 Å². The third-order valence-corrected chi connectivity index (χ3v) is 3.33. The molecule has 3 rings (SSSR count). The van der Waals surface area contributed by atoms with Gasteiger partial charge < -0.3 is 5.73 Å². The largest absolute Gasteiger partial charge is 0.398 e. The molecule has 1 aliphatic rings. The summed E-state index contributed by atoms with van der Waals surface area (Å²) in [5.74, 6) is 0. The van der Waals surface area contributed by atoms with E-state index in [1.165, 1.54) is 0 Å². The number of para-hydroxylation sites is 1. The lowest BCUT2D eigenvalue weighted by molar-refractivity contribution is 0.287. The van der Waals surface area contributed by atoms with Crippen LogP contribution in [0.5, 0.6) is 0 Å². The number of pyridine rings is 1. The molecule has 0 saturated heterocycles. The van der Waals surface area contributed by atoms with E-state index in [1.807, 2.05) is 30.3 Å². The second-order valence-electron chi connectivity index (χ2n) is 4.72. The zero-order valence-electron chi connectivity index (χ0n) is 10.3. The smallest absolute Gasteiger partial charge is 0.0726 e. The van der Waals surface area contributed by atoms with Crippen molar-refractivity contribution in [2.45, 2.75) is 13.0 Å². The van der Waals surface area contributed by atoms with Crippen LogP contribution in [0.1, 0.15) is 12.1 Å². The molecule has 0 spiro atoms. The standard InChI is InChI=1S/C15H17N3/c16-14-10-12(11-18-8-4-1-5-9-18)17-15-7-3-2-6-13(14)15/h1-4,6-7,10H,5,8-9,11H2,(H2,16,17). The summed E-state index contributed by atoms with van der Waals surface area (Å²) in [4.78, 5) is 7.07. The molecule has 0 bridgehead atoms. The van der Waals surface area contributed by atoms with Crippen LogP contribution in [-0.4, -0.2) is 23.0 Å². The maximum atomic E-state index is 6.09. The molecule has 2 N–H and O–H groups in total. The molecular formula is C15H17N3. The van der Waals surface area contributed by atoms with Crippen molar-refractivity contribution in [3.63, 3.8) is 0 Å². The molecule has 0 atom stereocenters. The number of hydrogen-bond acceptors (Lipinski definition) is 3. The van der Waals surface area contributed by atoms with Crippen LogP contribution in [0.3, 0.4) is 0 Å². The van der Waals surface area contributed by atoms with E-state index < -0.39 is 0 Å². The first-order valence-corrected chi connectivity index (χ1v) is 6.34. The summed E-state index contributed by atoms with van der Waals surface area (Å²) >= 11 is 0. The summed E-state index contributed by atoms with van der Waals surface area (Å²) in [6, 6.07) is 10.0. The Morgan fingerprint density at radius 3 is 2.94 bits per heavy atom. The molecule has 18 heavy (non-hydrogen) atoms. The highest BCUT2D eigenvalue weighted by Gasteiger charge is 2.09. The van der Waals surface area contributed by atoms with E-state index in [1.54, 1.807) is 0 Å². The normalized spacial score (nSPS) is 16.2. The third-order valence-electron chi connectivity index (χ3n) is 3.33. The molecule has 1 aliphatic heterocycles. The molecule has 0 unspecified atom stereocenters. The number of hydrogen-bond donors (Lipinski definition) is 1. The maximum absolute atomic E-state index is 6.09. The second-order valence-corrected chi connectivity index (χ2v) is 4.72. The molecule has 3 heteroatoms. The van der Waals surface area contributed by atoms with Gasteiger partial charge in [-0.25, -0.2) is 0 Å². The molecule has 0 aliphatic carbocycles. The number of nitrogens with two attached hydrogens (primary N) is 1. The Hall–Kier alpha value is -1.87. The van der Waals surface area contributed by atoms with Crippen molar-refractivity contribution in [1.29, 1.82) is 0 Å². The van der Waals surface area contributed by atoms with Crippen molar-refractivity contribution in [3.8, 4) is 0 Å². The zero-order chi connectivity index (χ0) is 12.4. The van der Waals surface area contributed by atoms with Gasteiger partial charge in [0.25, 0.3) is 0 Å². The van der Waals surface area contributed by atoms with Gasteiger partial charge in [0.1, 0.15) is 0 Å². The fraction of sp³-hybridized carbons (Fsp3) is 0.267. The van der Waals surface area contributed by atoms with Gasteiger partial charge in [-0.1, -0.05) is 30.4 Å². The van der Waals surface area contributed by atoms with Gasteiger partial charge >= 0.3 is 0 Å². The number of nitrogens with zero attached hydrogens (tertiary/aromatic N) is 2. The molecule has 2 heterocycles. The van der Waals surface area contributed by atoms with Crippen LogP contribution in [0.25, 0.3) is 10.9 Å². The molecule has 92 valence electrons.